The first-order valence-corrected chi connectivity index (χ1v) is 6.30. The van der Waals surface area contributed by atoms with E-state index < -0.39 is 0 Å². The molecule has 0 saturated carbocycles. The summed E-state index contributed by atoms with van der Waals surface area (Å²) < 4.78 is 0. The van der Waals surface area contributed by atoms with Crippen LogP contribution in [-0.4, -0.2) is 35.3 Å². The molecule has 0 fully saturated rings. The van der Waals surface area contributed by atoms with Gasteiger partial charge in [0.2, 0.25) is 5.91 Å². The van der Waals surface area contributed by atoms with Gasteiger partial charge in [0.25, 0.3) is 5.91 Å². The van der Waals surface area contributed by atoms with Crippen LogP contribution in [0, 0.1) is 5.92 Å². The highest BCUT2D eigenvalue weighted by Gasteiger charge is 2.28. The molecule has 0 aliphatic carbocycles. The molecule has 2 amide bonds. The quantitative estimate of drug-likeness (QED) is 0.766. The van der Waals surface area contributed by atoms with E-state index in [1.54, 1.807) is 11.1 Å². The fourth-order valence-corrected chi connectivity index (χ4v) is 1.68. The van der Waals surface area contributed by atoms with Crippen molar-refractivity contribution < 1.29 is 9.59 Å². The van der Waals surface area contributed by atoms with E-state index in [4.69, 9.17) is 0 Å². The zero-order chi connectivity index (χ0) is 13.9. The minimum absolute atomic E-state index is 0.0215. The molecule has 0 aromatic carbocycles. The van der Waals surface area contributed by atoms with Crippen LogP contribution in [0.3, 0.4) is 0 Å². The van der Waals surface area contributed by atoms with Crippen molar-refractivity contribution in [1.82, 2.24) is 15.5 Å². The van der Waals surface area contributed by atoms with Gasteiger partial charge in [-0.25, -0.2) is 0 Å². The molecule has 0 aromatic heterocycles. The summed E-state index contributed by atoms with van der Waals surface area (Å²) in [5.41, 5.74) is 0.0805. The maximum Gasteiger partial charge on any atom is 0.269 e. The molecule has 0 spiro atoms. The van der Waals surface area contributed by atoms with Gasteiger partial charge in [-0.15, -0.1) is 0 Å². The minimum Gasteiger partial charge on any atom is -0.387 e. The summed E-state index contributed by atoms with van der Waals surface area (Å²) in [6, 6.07) is 0. The SMILES string of the molecule is CC(C)C(=O)N1CCNC=C1C(=O)NC(C)(C)C. The lowest BCUT2D eigenvalue weighted by atomic mass is 10.1. The van der Waals surface area contributed by atoms with Crippen molar-refractivity contribution in [1.29, 1.82) is 0 Å². The fraction of sp³-hybridized carbons (Fsp3) is 0.692. The molecular formula is C13H23N3O2. The van der Waals surface area contributed by atoms with E-state index in [0.29, 0.717) is 18.8 Å². The van der Waals surface area contributed by atoms with Gasteiger partial charge in [0.15, 0.2) is 0 Å². The Morgan fingerprint density at radius 1 is 1.39 bits per heavy atom. The van der Waals surface area contributed by atoms with Gasteiger partial charge in [0.05, 0.1) is 0 Å². The molecule has 0 saturated heterocycles. The van der Waals surface area contributed by atoms with Gasteiger partial charge >= 0.3 is 0 Å². The molecule has 0 unspecified atom stereocenters. The maximum absolute atomic E-state index is 12.1. The van der Waals surface area contributed by atoms with Crippen molar-refractivity contribution in [3.8, 4) is 0 Å². The third-order valence-corrected chi connectivity index (χ3v) is 2.49. The smallest absolute Gasteiger partial charge is 0.269 e. The first kappa shape index (κ1) is 14.5. The first-order valence-electron chi connectivity index (χ1n) is 6.30. The van der Waals surface area contributed by atoms with Crippen molar-refractivity contribution >= 4 is 11.8 Å². The van der Waals surface area contributed by atoms with E-state index in [1.165, 1.54) is 0 Å². The Kier molecular flexibility index (Phi) is 4.38. The van der Waals surface area contributed by atoms with Crippen LogP contribution in [0.5, 0.6) is 0 Å². The van der Waals surface area contributed by atoms with E-state index in [1.807, 2.05) is 34.6 Å². The third kappa shape index (κ3) is 3.75. The molecule has 1 aliphatic heterocycles. The van der Waals surface area contributed by atoms with Gasteiger partial charge in [-0.05, 0) is 20.8 Å². The zero-order valence-corrected chi connectivity index (χ0v) is 11.8. The minimum atomic E-state index is -0.318. The summed E-state index contributed by atoms with van der Waals surface area (Å²) in [5, 5.41) is 5.88. The molecule has 1 rings (SSSR count). The second-order valence-corrected chi connectivity index (χ2v) is 5.83. The summed E-state index contributed by atoms with van der Waals surface area (Å²) in [7, 11) is 0. The molecule has 18 heavy (non-hydrogen) atoms. The van der Waals surface area contributed by atoms with Gasteiger partial charge in [0, 0.05) is 30.7 Å². The molecule has 2 N–H and O–H groups in total. The van der Waals surface area contributed by atoms with E-state index in [9.17, 15) is 9.59 Å². The van der Waals surface area contributed by atoms with Crippen LogP contribution in [0.25, 0.3) is 0 Å². The van der Waals surface area contributed by atoms with Crippen LogP contribution in [0.2, 0.25) is 0 Å². The van der Waals surface area contributed by atoms with Crippen molar-refractivity contribution in [3.63, 3.8) is 0 Å². The Hall–Kier alpha value is -1.52. The van der Waals surface area contributed by atoms with Crippen LogP contribution in [-0.2, 0) is 9.59 Å². The van der Waals surface area contributed by atoms with Crippen LogP contribution in [0.4, 0.5) is 0 Å². The predicted molar refractivity (Wildman–Crippen MR) is 70.5 cm³/mol. The Morgan fingerprint density at radius 2 is 2.00 bits per heavy atom. The van der Waals surface area contributed by atoms with Crippen molar-refractivity contribution in [2.75, 3.05) is 13.1 Å². The number of hydrogen-bond donors (Lipinski definition) is 2. The summed E-state index contributed by atoms with van der Waals surface area (Å²) in [6.45, 7) is 10.6. The number of nitrogens with zero attached hydrogens (tertiary/aromatic N) is 1. The van der Waals surface area contributed by atoms with E-state index in [0.717, 1.165) is 0 Å². The Morgan fingerprint density at radius 3 is 2.50 bits per heavy atom. The average molecular weight is 253 g/mol. The standard InChI is InChI=1S/C13H23N3O2/c1-9(2)12(18)16-7-6-14-8-10(16)11(17)15-13(3,4)5/h8-9,14H,6-7H2,1-5H3,(H,15,17). The highest BCUT2D eigenvalue weighted by atomic mass is 16.2. The molecule has 102 valence electrons. The topological polar surface area (TPSA) is 61.4 Å². The maximum atomic E-state index is 12.1. The molecule has 0 bridgehead atoms. The van der Waals surface area contributed by atoms with Crippen molar-refractivity contribution in [2.24, 2.45) is 5.92 Å². The molecule has 1 heterocycles. The van der Waals surface area contributed by atoms with E-state index in [2.05, 4.69) is 10.6 Å². The molecule has 0 radical (unpaired) electrons. The number of amides is 2. The second kappa shape index (κ2) is 5.42. The van der Waals surface area contributed by atoms with Gasteiger partial charge in [0.1, 0.15) is 5.70 Å². The predicted octanol–water partition coefficient (Wildman–Crippen LogP) is 0.830. The fourth-order valence-electron chi connectivity index (χ4n) is 1.68. The molecular weight excluding hydrogens is 230 g/mol. The van der Waals surface area contributed by atoms with Crippen LogP contribution in [0.1, 0.15) is 34.6 Å². The van der Waals surface area contributed by atoms with Crippen LogP contribution in [0.15, 0.2) is 11.9 Å². The zero-order valence-electron chi connectivity index (χ0n) is 11.8. The second-order valence-electron chi connectivity index (χ2n) is 5.83. The van der Waals surface area contributed by atoms with Gasteiger partial charge in [-0.3, -0.25) is 9.59 Å². The molecule has 0 aromatic rings. The van der Waals surface area contributed by atoms with Crippen molar-refractivity contribution in [2.45, 2.75) is 40.2 Å². The summed E-state index contributed by atoms with van der Waals surface area (Å²) in [6.07, 6.45) is 1.62. The number of carbonyl (C=O) groups is 2. The first-order chi connectivity index (χ1) is 8.22. The van der Waals surface area contributed by atoms with Crippen molar-refractivity contribution in [3.05, 3.63) is 11.9 Å². The number of rotatable bonds is 2. The average Bonchev–Trinajstić information content (AvgIpc) is 2.25. The summed E-state index contributed by atoms with van der Waals surface area (Å²) in [4.78, 5) is 25.8. The van der Waals surface area contributed by atoms with Gasteiger partial charge in [-0.2, -0.15) is 0 Å². The Balaban J connectivity index is 2.86. The third-order valence-electron chi connectivity index (χ3n) is 2.49. The number of hydrogen-bond acceptors (Lipinski definition) is 3. The number of nitrogens with one attached hydrogen (secondary N) is 2. The largest absolute Gasteiger partial charge is 0.387 e. The summed E-state index contributed by atoms with van der Waals surface area (Å²) >= 11 is 0. The highest BCUT2D eigenvalue weighted by Crippen LogP contribution is 2.13. The molecule has 1 aliphatic rings. The van der Waals surface area contributed by atoms with E-state index in [-0.39, 0.29) is 23.3 Å². The lowest BCUT2D eigenvalue weighted by Crippen LogP contribution is -2.50. The number of carbonyl (C=O) groups excluding carboxylic acids is 2. The Bertz CT molecular complexity index is 367. The Labute approximate surface area is 109 Å². The molecule has 5 nitrogen and oxygen atoms in total. The summed E-state index contributed by atoms with van der Waals surface area (Å²) in [5.74, 6) is -0.357. The van der Waals surface area contributed by atoms with Gasteiger partial charge < -0.3 is 15.5 Å². The molecule has 5 heteroatoms. The van der Waals surface area contributed by atoms with Crippen LogP contribution >= 0.6 is 0 Å². The lowest BCUT2D eigenvalue weighted by Gasteiger charge is -2.31. The highest BCUT2D eigenvalue weighted by molar-refractivity contribution is 5.98. The van der Waals surface area contributed by atoms with Gasteiger partial charge in [-0.1, -0.05) is 13.8 Å². The lowest BCUT2D eigenvalue weighted by molar-refractivity contribution is -0.135. The monoisotopic (exact) mass is 253 g/mol. The van der Waals surface area contributed by atoms with Crippen LogP contribution < -0.4 is 10.6 Å². The van der Waals surface area contributed by atoms with E-state index >= 15 is 0 Å². The normalized spacial score (nSPS) is 16.1. The molecule has 0 atom stereocenters.